The lowest BCUT2D eigenvalue weighted by molar-refractivity contribution is -0.153. The van der Waals surface area contributed by atoms with E-state index in [2.05, 4.69) is 0 Å². The number of ether oxygens (including phenoxy) is 2. The fourth-order valence-corrected chi connectivity index (χ4v) is 4.29. The quantitative estimate of drug-likeness (QED) is 0.275. The maximum absolute atomic E-state index is 12.8. The average molecular weight is 495 g/mol. The summed E-state index contributed by atoms with van der Waals surface area (Å²) in [5, 5.41) is 9.38. The van der Waals surface area contributed by atoms with Crippen LogP contribution >= 0.6 is 0 Å². The van der Waals surface area contributed by atoms with Crippen molar-refractivity contribution in [2.45, 2.75) is 45.6 Å². The van der Waals surface area contributed by atoms with Crippen molar-refractivity contribution >= 4 is 23.5 Å². The SMILES string of the molecule is CO[C@@H](c1ccc(N2C(=O)CC2OC(C)=O)cc1)[C@@H](C)/C=C/CC(=O)N(CCO)Cc1ccccc1. The highest BCUT2D eigenvalue weighted by Gasteiger charge is 2.39. The lowest BCUT2D eigenvalue weighted by Gasteiger charge is -2.39. The molecule has 2 aromatic rings. The molecular formula is C28H34N2O6. The van der Waals surface area contributed by atoms with Gasteiger partial charge in [0.25, 0.3) is 0 Å². The highest BCUT2D eigenvalue weighted by molar-refractivity contribution is 6.00. The lowest BCUT2D eigenvalue weighted by Crippen LogP contribution is -2.54. The summed E-state index contributed by atoms with van der Waals surface area (Å²) in [5.41, 5.74) is 2.60. The first kappa shape index (κ1) is 27.1. The van der Waals surface area contributed by atoms with Gasteiger partial charge in [-0.25, -0.2) is 0 Å². The molecule has 3 rings (SSSR count). The normalized spacial score (nSPS) is 16.9. The molecule has 0 spiro atoms. The second-order valence-electron chi connectivity index (χ2n) is 8.80. The zero-order valence-electron chi connectivity index (χ0n) is 21.0. The van der Waals surface area contributed by atoms with Gasteiger partial charge in [-0.05, 0) is 23.3 Å². The van der Waals surface area contributed by atoms with Gasteiger partial charge in [-0.15, -0.1) is 0 Å². The molecule has 1 N–H and O–H groups in total. The van der Waals surface area contributed by atoms with Crippen molar-refractivity contribution in [3.05, 3.63) is 77.9 Å². The van der Waals surface area contributed by atoms with Crippen LogP contribution in [-0.4, -0.2) is 54.3 Å². The number of aliphatic hydroxyl groups is 1. The molecule has 192 valence electrons. The molecule has 8 nitrogen and oxygen atoms in total. The molecule has 1 aliphatic rings. The van der Waals surface area contributed by atoms with Crippen LogP contribution in [0.25, 0.3) is 0 Å². The van der Waals surface area contributed by atoms with Gasteiger partial charge in [0.1, 0.15) is 0 Å². The summed E-state index contributed by atoms with van der Waals surface area (Å²) in [6.45, 7) is 3.97. The van der Waals surface area contributed by atoms with Crippen LogP contribution in [-0.2, 0) is 30.4 Å². The van der Waals surface area contributed by atoms with Crippen molar-refractivity contribution < 1.29 is 29.0 Å². The van der Waals surface area contributed by atoms with E-state index in [9.17, 15) is 19.5 Å². The van der Waals surface area contributed by atoms with Crippen LogP contribution in [0, 0.1) is 5.92 Å². The molecule has 1 heterocycles. The van der Waals surface area contributed by atoms with E-state index < -0.39 is 12.2 Å². The van der Waals surface area contributed by atoms with E-state index in [0.717, 1.165) is 11.1 Å². The van der Waals surface area contributed by atoms with Gasteiger partial charge in [-0.2, -0.15) is 0 Å². The summed E-state index contributed by atoms with van der Waals surface area (Å²) in [7, 11) is 1.63. The van der Waals surface area contributed by atoms with Gasteiger partial charge >= 0.3 is 5.97 Å². The number of rotatable bonds is 12. The number of amides is 2. The number of β-lactam (4-membered cyclic amide) rings is 1. The number of aliphatic hydroxyl groups excluding tert-OH is 1. The summed E-state index contributed by atoms with van der Waals surface area (Å²) in [6.07, 6.45) is 3.39. The van der Waals surface area contributed by atoms with Crippen molar-refractivity contribution in [1.82, 2.24) is 4.90 Å². The fourth-order valence-electron chi connectivity index (χ4n) is 4.29. The summed E-state index contributed by atoms with van der Waals surface area (Å²) in [5.74, 6) is -0.599. The molecule has 1 aliphatic heterocycles. The van der Waals surface area contributed by atoms with Crippen molar-refractivity contribution in [2.75, 3.05) is 25.2 Å². The number of carbonyl (C=O) groups is 3. The second kappa shape index (κ2) is 13.0. The molecule has 0 saturated carbocycles. The number of anilines is 1. The monoisotopic (exact) mass is 494 g/mol. The number of carbonyl (C=O) groups excluding carboxylic acids is 3. The molecule has 1 unspecified atom stereocenters. The minimum atomic E-state index is -0.564. The lowest BCUT2D eigenvalue weighted by atomic mass is 9.95. The van der Waals surface area contributed by atoms with Gasteiger partial charge < -0.3 is 19.5 Å². The molecule has 0 bridgehead atoms. The zero-order chi connectivity index (χ0) is 26.1. The highest BCUT2D eigenvalue weighted by atomic mass is 16.6. The van der Waals surface area contributed by atoms with Gasteiger partial charge in [-0.3, -0.25) is 19.3 Å². The summed E-state index contributed by atoms with van der Waals surface area (Å²) in [6, 6.07) is 17.1. The van der Waals surface area contributed by atoms with Crippen molar-refractivity contribution in [3.8, 4) is 0 Å². The van der Waals surface area contributed by atoms with Gasteiger partial charge in [-0.1, -0.05) is 61.5 Å². The Morgan fingerprint density at radius 1 is 1.17 bits per heavy atom. The van der Waals surface area contributed by atoms with E-state index in [1.807, 2.05) is 73.7 Å². The molecule has 8 heteroatoms. The van der Waals surface area contributed by atoms with Crippen LogP contribution in [0.2, 0.25) is 0 Å². The van der Waals surface area contributed by atoms with Crippen LogP contribution in [0.15, 0.2) is 66.7 Å². The molecule has 36 heavy (non-hydrogen) atoms. The number of methoxy groups -OCH3 is 1. The fraction of sp³-hybridized carbons (Fsp3) is 0.393. The molecule has 2 aromatic carbocycles. The Morgan fingerprint density at radius 3 is 2.44 bits per heavy atom. The smallest absolute Gasteiger partial charge is 0.304 e. The number of hydrogen-bond donors (Lipinski definition) is 1. The Balaban J connectivity index is 1.59. The molecule has 3 atom stereocenters. The van der Waals surface area contributed by atoms with Crippen LogP contribution in [0.3, 0.4) is 0 Å². The van der Waals surface area contributed by atoms with E-state index in [1.54, 1.807) is 12.0 Å². The van der Waals surface area contributed by atoms with Crippen molar-refractivity contribution in [2.24, 2.45) is 5.92 Å². The third kappa shape index (κ3) is 7.02. The maximum atomic E-state index is 12.8. The standard InChI is InChI=1S/C28H34N2O6/c1-20(8-7-11-25(33)29(16-17-31)19-22-9-5-4-6-10-22)28(35-3)23-12-14-24(15-13-23)30-26(34)18-27(30)36-21(2)32/h4-10,12-15,20,27-28,31H,11,16-19H2,1-3H3/b8-7+/t20-,27?,28+/m0/s1. The Hall–Kier alpha value is -3.49. The predicted octanol–water partition coefficient (Wildman–Crippen LogP) is 3.60. The van der Waals surface area contributed by atoms with E-state index in [0.29, 0.717) is 12.2 Å². The Kier molecular flexibility index (Phi) is 9.78. The predicted molar refractivity (Wildman–Crippen MR) is 136 cm³/mol. The summed E-state index contributed by atoms with van der Waals surface area (Å²) in [4.78, 5) is 39.1. The Labute approximate surface area is 212 Å². The third-order valence-electron chi connectivity index (χ3n) is 6.11. The first-order valence-electron chi connectivity index (χ1n) is 12.0. The largest absolute Gasteiger partial charge is 0.441 e. The Bertz CT molecular complexity index is 1050. The van der Waals surface area contributed by atoms with Gasteiger partial charge in [0, 0.05) is 45.1 Å². The molecule has 0 aromatic heterocycles. The minimum absolute atomic E-state index is 0.0199. The molecule has 1 saturated heterocycles. The molecular weight excluding hydrogens is 460 g/mol. The van der Waals surface area contributed by atoms with Crippen molar-refractivity contribution in [1.29, 1.82) is 0 Å². The summed E-state index contributed by atoms with van der Waals surface area (Å²) < 4.78 is 10.9. The van der Waals surface area contributed by atoms with Crippen LogP contribution < -0.4 is 4.90 Å². The molecule has 2 amide bonds. The van der Waals surface area contributed by atoms with Gasteiger partial charge in [0.15, 0.2) is 6.23 Å². The van der Waals surface area contributed by atoms with Gasteiger partial charge in [0.05, 0.1) is 19.1 Å². The van der Waals surface area contributed by atoms with E-state index in [-0.39, 0.29) is 49.8 Å². The Morgan fingerprint density at radius 2 is 1.86 bits per heavy atom. The third-order valence-corrected chi connectivity index (χ3v) is 6.11. The number of hydrogen-bond acceptors (Lipinski definition) is 6. The molecule has 0 aliphatic carbocycles. The number of nitrogens with zero attached hydrogens (tertiary/aromatic N) is 2. The van der Waals surface area contributed by atoms with Crippen LogP contribution in [0.5, 0.6) is 0 Å². The first-order chi connectivity index (χ1) is 17.3. The number of benzene rings is 2. The van der Waals surface area contributed by atoms with Gasteiger partial charge in [0.2, 0.25) is 11.8 Å². The number of esters is 1. The zero-order valence-corrected chi connectivity index (χ0v) is 21.0. The maximum Gasteiger partial charge on any atom is 0.304 e. The average Bonchev–Trinajstić information content (AvgIpc) is 2.85. The highest BCUT2D eigenvalue weighted by Crippen LogP contribution is 2.32. The van der Waals surface area contributed by atoms with E-state index in [1.165, 1.54) is 11.8 Å². The van der Waals surface area contributed by atoms with E-state index >= 15 is 0 Å². The summed E-state index contributed by atoms with van der Waals surface area (Å²) >= 11 is 0. The topological polar surface area (TPSA) is 96.4 Å². The van der Waals surface area contributed by atoms with Crippen LogP contribution in [0.4, 0.5) is 5.69 Å². The molecule has 0 radical (unpaired) electrons. The van der Waals surface area contributed by atoms with Crippen molar-refractivity contribution in [3.63, 3.8) is 0 Å². The molecule has 1 fully saturated rings. The van der Waals surface area contributed by atoms with Crippen LogP contribution in [0.1, 0.15) is 43.9 Å². The first-order valence-corrected chi connectivity index (χ1v) is 12.0. The van der Waals surface area contributed by atoms with E-state index in [4.69, 9.17) is 9.47 Å². The second-order valence-corrected chi connectivity index (χ2v) is 8.80. The minimum Gasteiger partial charge on any atom is -0.441 e.